The van der Waals surface area contributed by atoms with Crippen molar-refractivity contribution < 1.29 is 27.2 Å². The van der Waals surface area contributed by atoms with Crippen molar-refractivity contribution in [1.82, 2.24) is 15.0 Å². The van der Waals surface area contributed by atoms with Gasteiger partial charge in [-0.3, -0.25) is 4.79 Å². The molecule has 10 heteroatoms. The normalized spacial score (nSPS) is 17.5. The van der Waals surface area contributed by atoms with Crippen LogP contribution in [-0.2, 0) is 23.9 Å². The Morgan fingerprint density at radius 3 is 2.60 bits per heavy atom. The minimum atomic E-state index is -4.72. The first-order chi connectivity index (χ1) is 16.5. The summed E-state index contributed by atoms with van der Waals surface area (Å²) in [4.78, 5) is 19.0. The van der Waals surface area contributed by atoms with Gasteiger partial charge >= 0.3 is 6.18 Å². The lowest BCUT2D eigenvalue weighted by molar-refractivity contribution is -0.138. The number of carbonyl (C=O) groups excluding carboxylic acids is 1. The summed E-state index contributed by atoms with van der Waals surface area (Å²) >= 11 is 0. The van der Waals surface area contributed by atoms with E-state index in [0.717, 1.165) is 23.3 Å². The molecule has 1 amide bonds. The number of amides is 1. The summed E-state index contributed by atoms with van der Waals surface area (Å²) in [5.74, 6) is 0.212. The first-order valence-electron chi connectivity index (χ1n) is 10.9. The summed E-state index contributed by atoms with van der Waals surface area (Å²) < 4.78 is 51.0. The van der Waals surface area contributed by atoms with Crippen molar-refractivity contribution in [1.29, 1.82) is 5.26 Å². The molecule has 1 aromatic heterocycles. The van der Waals surface area contributed by atoms with Gasteiger partial charge in [-0.25, -0.2) is 0 Å². The van der Waals surface area contributed by atoms with Crippen molar-refractivity contribution in [2.24, 2.45) is 5.41 Å². The molecule has 35 heavy (non-hydrogen) atoms. The van der Waals surface area contributed by atoms with Crippen LogP contribution in [0.4, 0.5) is 13.2 Å². The summed E-state index contributed by atoms with van der Waals surface area (Å²) in [6.45, 7) is 5.93. The number of carbonyl (C=O) groups is 1. The second-order valence-electron chi connectivity index (χ2n) is 9.26. The maximum Gasteiger partial charge on any atom is 0.417 e. The molecule has 1 saturated heterocycles. The Morgan fingerprint density at radius 1 is 1.23 bits per heavy atom. The van der Waals surface area contributed by atoms with Crippen LogP contribution < -0.4 is 4.74 Å². The second kappa shape index (κ2) is 9.06. The lowest BCUT2D eigenvalue weighted by Crippen LogP contribution is -2.36. The van der Waals surface area contributed by atoms with Crippen LogP contribution in [0.2, 0.25) is 0 Å². The highest BCUT2D eigenvalue weighted by Gasteiger charge is 2.48. The predicted molar refractivity (Wildman–Crippen MR) is 118 cm³/mol. The average Bonchev–Trinajstić information content (AvgIpc) is 3.31. The predicted octanol–water partition coefficient (Wildman–Crippen LogP) is 4.68. The van der Waals surface area contributed by atoms with Crippen LogP contribution >= 0.6 is 0 Å². The van der Waals surface area contributed by atoms with Gasteiger partial charge in [-0.15, -0.1) is 0 Å². The Morgan fingerprint density at radius 2 is 1.94 bits per heavy atom. The number of aryl methyl sites for hydroxylation is 1. The van der Waals surface area contributed by atoms with E-state index in [1.165, 1.54) is 17.0 Å². The van der Waals surface area contributed by atoms with Crippen molar-refractivity contribution >= 4 is 5.91 Å². The molecule has 0 radical (unpaired) electrons. The van der Waals surface area contributed by atoms with E-state index in [1.54, 1.807) is 13.8 Å². The molecule has 1 atom stereocenters. The van der Waals surface area contributed by atoms with Gasteiger partial charge in [0.2, 0.25) is 5.89 Å². The fourth-order valence-corrected chi connectivity index (χ4v) is 4.04. The molecule has 182 valence electrons. The van der Waals surface area contributed by atoms with E-state index in [1.807, 2.05) is 31.2 Å². The largest absolute Gasteiger partial charge is 0.480 e. The topological polar surface area (TPSA) is 92.2 Å². The van der Waals surface area contributed by atoms with Gasteiger partial charge in [-0.05, 0) is 30.7 Å². The number of hydrogen-bond acceptors (Lipinski definition) is 6. The van der Waals surface area contributed by atoms with Crippen LogP contribution in [0.15, 0.2) is 47.0 Å². The van der Waals surface area contributed by atoms with Gasteiger partial charge in [0, 0.05) is 18.4 Å². The van der Waals surface area contributed by atoms with E-state index < -0.39 is 34.7 Å². The Labute approximate surface area is 200 Å². The molecule has 2 heterocycles. The van der Waals surface area contributed by atoms with Gasteiger partial charge < -0.3 is 14.2 Å². The Kier molecular flexibility index (Phi) is 6.28. The van der Waals surface area contributed by atoms with Crippen molar-refractivity contribution in [2.45, 2.75) is 46.0 Å². The van der Waals surface area contributed by atoms with Gasteiger partial charge in [0.05, 0.1) is 17.2 Å². The molecule has 0 spiro atoms. The van der Waals surface area contributed by atoms with E-state index in [9.17, 15) is 18.0 Å². The standard InChI is InChI=1S/C25H23F3N4O3/c1-15-4-6-16(7-5-15)10-20-30-21(35-31-20)13-32-14-24(2,3)22(23(32)33)34-18-9-8-17(12-29)19(11-18)25(26,27)28/h4-9,11,22H,10,13-14H2,1-3H3. The van der Waals surface area contributed by atoms with E-state index in [2.05, 4.69) is 10.1 Å². The Bertz CT molecular complexity index is 1280. The molecule has 1 unspecified atom stereocenters. The van der Waals surface area contributed by atoms with Gasteiger partial charge in [-0.1, -0.05) is 48.8 Å². The zero-order valence-corrected chi connectivity index (χ0v) is 19.4. The van der Waals surface area contributed by atoms with E-state index in [4.69, 9.17) is 14.5 Å². The van der Waals surface area contributed by atoms with E-state index in [0.29, 0.717) is 12.2 Å². The number of aromatic nitrogens is 2. The third-order valence-electron chi connectivity index (χ3n) is 5.83. The fraction of sp³-hybridized carbons (Fsp3) is 0.360. The summed E-state index contributed by atoms with van der Waals surface area (Å²) in [6, 6.07) is 12.5. The SMILES string of the molecule is Cc1ccc(Cc2noc(CN3CC(C)(C)C(Oc4ccc(C#N)c(C(F)(F)F)c4)C3=O)n2)cc1. The lowest BCUT2D eigenvalue weighted by Gasteiger charge is -2.24. The van der Waals surface area contributed by atoms with Crippen molar-refractivity contribution in [3.05, 3.63) is 76.4 Å². The van der Waals surface area contributed by atoms with Gasteiger partial charge in [0.1, 0.15) is 12.3 Å². The van der Waals surface area contributed by atoms with Crippen LogP contribution in [0.5, 0.6) is 5.75 Å². The summed E-state index contributed by atoms with van der Waals surface area (Å²) in [7, 11) is 0. The number of nitriles is 1. The smallest absolute Gasteiger partial charge is 0.417 e. The number of nitrogens with zero attached hydrogens (tertiary/aromatic N) is 4. The summed E-state index contributed by atoms with van der Waals surface area (Å²) in [6.07, 6.45) is -5.26. The molecule has 0 bridgehead atoms. The van der Waals surface area contributed by atoms with Crippen molar-refractivity contribution in [2.75, 3.05) is 6.54 Å². The highest BCUT2D eigenvalue weighted by Crippen LogP contribution is 2.38. The number of alkyl halides is 3. The molecule has 0 aliphatic carbocycles. The Hall–Kier alpha value is -3.87. The lowest BCUT2D eigenvalue weighted by atomic mass is 9.89. The highest BCUT2D eigenvalue weighted by molar-refractivity contribution is 5.84. The molecule has 1 aliphatic rings. The number of halogens is 3. The molecule has 0 saturated carbocycles. The third kappa shape index (κ3) is 5.29. The minimum Gasteiger partial charge on any atom is -0.480 e. The molecule has 7 nitrogen and oxygen atoms in total. The zero-order valence-electron chi connectivity index (χ0n) is 19.4. The van der Waals surface area contributed by atoms with E-state index in [-0.39, 0.29) is 24.7 Å². The van der Waals surface area contributed by atoms with Crippen LogP contribution in [0.1, 0.15) is 47.8 Å². The van der Waals surface area contributed by atoms with Crippen LogP contribution in [0.25, 0.3) is 0 Å². The molecule has 2 aromatic carbocycles. The third-order valence-corrected chi connectivity index (χ3v) is 5.83. The first kappa shape index (κ1) is 24.3. The van der Waals surface area contributed by atoms with E-state index >= 15 is 0 Å². The fourth-order valence-electron chi connectivity index (χ4n) is 4.04. The van der Waals surface area contributed by atoms with Crippen molar-refractivity contribution in [3.8, 4) is 11.8 Å². The molecule has 3 aromatic rings. The van der Waals surface area contributed by atoms with Crippen LogP contribution in [0, 0.1) is 23.7 Å². The molecule has 1 fully saturated rings. The van der Waals surface area contributed by atoms with Gasteiger partial charge in [0.15, 0.2) is 11.9 Å². The number of hydrogen-bond donors (Lipinski definition) is 0. The number of rotatable bonds is 6. The first-order valence-corrected chi connectivity index (χ1v) is 10.9. The monoisotopic (exact) mass is 484 g/mol. The molecule has 0 N–H and O–H groups in total. The quantitative estimate of drug-likeness (QED) is 0.505. The summed E-state index contributed by atoms with van der Waals surface area (Å²) in [5.41, 5.74) is -0.153. The average molecular weight is 484 g/mol. The highest BCUT2D eigenvalue weighted by atomic mass is 19.4. The minimum absolute atomic E-state index is 0.0597. The van der Waals surface area contributed by atoms with Gasteiger partial charge in [0.25, 0.3) is 5.91 Å². The van der Waals surface area contributed by atoms with Crippen molar-refractivity contribution in [3.63, 3.8) is 0 Å². The van der Waals surface area contributed by atoms with Crippen LogP contribution in [0.3, 0.4) is 0 Å². The number of benzene rings is 2. The second-order valence-corrected chi connectivity index (χ2v) is 9.26. The number of likely N-dealkylation sites (tertiary alicyclic amines) is 1. The number of ether oxygens (including phenoxy) is 1. The molecule has 4 rings (SSSR count). The molecular formula is C25H23F3N4O3. The Balaban J connectivity index is 1.47. The summed E-state index contributed by atoms with van der Waals surface area (Å²) in [5, 5.41) is 13.0. The maximum atomic E-state index is 13.3. The van der Waals surface area contributed by atoms with Crippen LogP contribution in [-0.4, -0.2) is 33.6 Å². The zero-order chi connectivity index (χ0) is 25.4. The molecular weight excluding hydrogens is 461 g/mol. The maximum absolute atomic E-state index is 13.3. The van der Waals surface area contributed by atoms with Gasteiger partial charge in [-0.2, -0.15) is 23.4 Å². The molecule has 1 aliphatic heterocycles.